The topological polar surface area (TPSA) is 69.5 Å². The van der Waals surface area contributed by atoms with Crippen LogP contribution in [0.3, 0.4) is 0 Å². The summed E-state index contributed by atoms with van der Waals surface area (Å²) in [5, 5.41) is 15.5. The Morgan fingerprint density at radius 2 is 2.50 bits per heavy atom. The maximum absolute atomic E-state index is 9.23. The Balaban J connectivity index is 2.17. The Bertz CT molecular complexity index is 389. The molecule has 16 heavy (non-hydrogen) atoms. The number of hydrogen-bond donors (Lipinski definition) is 3. The normalized spacial score (nSPS) is 16.5. The van der Waals surface area contributed by atoms with Crippen LogP contribution in [0.25, 0.3) is 0 Å². The minimum atomic E-state index is -0.395. The zero-order valence-electron chi connectivity index (χ0n) is 9.27. The van der Waals surface area contributed by atoms with Crippen molar-refractivity contribution in [3.63, 3.8) is 0 Å². The number of anilines is 1. The van der Waals surface area contributed by atoms with E-state index in [4.69, 9.17) is 0 Å². The van der Waals surface area contributed by atoms with Crippen LogP contribution >= 0.6 is 0 Å². The Hall–Kier alpha value is -1.62. The van der Waals surface area contributed by atoms with E-state index < -0.39 is 6.10 Å². The minimum absolute atomic E-state index is 0.395. The van der Waals surface area contributed by atoms with E-state index in [2.05, 4.69) is 20.6 Å². The van der Waals surface area contributed by atoms with Crippen LogP contribution in [0.1, 0.15) is 12.5 Å². The molecule has 1 unspecified atom stereocenters. The molecule has 1 aliphatic rings. The molecule has 5 nitrogen and oxygen atoms in total. The summed E-state index contributed by atoms with van der Waals surface area (Å²) in [4.78, 5) is 8.61. The quantitative estimate of drug-likeness (QED) is 0.679. The molecule has 0 saturated carbocycles. The van der Waals surface area contributed by atoms with E-state index in [-0.39, 0.29) is 0 Å². The molecule has 0 bridgehead atoms. The van der Waals surface area contributed by atoms with Gasteiger partial charge in [-0.05, 0) is 19.1 Å². The van der Waals surface area contributed by atoms with E-state index in [0.29, 0.717) is 6.54 Å². The molecule has 0 radical (unpaired) electrons. The molecule has 0 fully saturated rings. The summed E-state index contributed by atoms with van der Waals surface area (Å²) in [5.74, 6) is 1.64. The maximum atomic E-state index is 9.23. The minimum Gasteiger partial charge on any atom is -0.392 e. The molecule has 1 atom stereocenters. The lowest BCUT2D eigenvalue weighted by molar-refractivity contribution is 0.208. The Morgan fingerprint density at radius 3 is 3.19 bits per heavy atom. The highest BCUT2D eigenvalue weighted by Crippen LogP contribution is 2.13. The second-order valence-corrected chi connectivity index (χ2v) is 3.79. The fraction of sp³-hybridized carbons (Fsp3) is 0.455. The number of rotatable bonds is 4. The molecule has 5 heteroatoms. The molecule has 0 spiro atoms. The zero-order chi connectivity index (χ0) is 11.4. The van der Waals surface area contributed by atoms with Crippen molar-refractivity contribution in [3.8, 4) is 0 Å². The molecule has 2 heterocycles. The first kappa shape index (κ1) is 10.9. The van der Waals surface area contributed by atoms with Crippen molar-refractivity contribution in [1.82, 2.24) is 10.3 Å². The van der Waals surface area contributed by atoms with Gasteiger partial charge >= 0.3 is 0 Å². The molecule has 1 aromatic rings. The SMILES string of the molecule is CC(O)CNc1ncccc1C1=NCCN1. The standard InChI is InChI=1S/C11H16N4O/c1-8(16)7-15-11-9(3-2-4-12-11)10-13-5-6-14-10/h2-4,8,16H,5-7H2,1H3,(H,12,15)(H,13,14). The number of aliphatic hydroxyl groups excluding tert-OH is 1. The van der Waals surface area contributed by atoms with Crippen molar-refractivity contribution < 1.29 is 5.11 Å². The van der Waals surface area contributed by atoms with Gasteiger partial charge in [-0.1, -0.05) is 0 Å². The molecule has 86 valence electrons. The number of aromatic nitrogens is 1. The van der Waals surface area contributed by atoms with Gasteiger partial charge in [0, 0.05) is 19.3 Å². The van der Waals surface area contributed by atoms with Crippen LogP contribution in [0.2, 0.25) is 0 Å². The summed E-state index contributed by atoms with van der Waals surface area (Å²) in [7, 11) is 0. The lowest BCUT2D eigenvalue weighted by Gasteiger charge is -2.12. The Morgan fingerprint density at radius 1 is 1.62 bits per heavy atom. The number of pyridine rings is 1. The average molecular weight is 220 g/mol. The number of nitrogens with zero attached hydrogens (tertiary/aromatic N) is 2. The van der Waals surface area contributed by atoms with Crippen LogP contribution in [0.4, 0.5) is 5.82 Å². The smallest absolute Gasteiger partial charge is 0.137 e. The third-order valence-electron chi connectivity index (χ3n) is 2.30. The Labute approximate surface area is 94.6 Å². The zero-order valence-corrected chi connectivity index (χ0v) is 9.27. The van der Waals surface area contributed by atoms with Gasteiger partial charge < -0.3 is 15.7 Å². The molecule has 2 rings (SSSR count). The highest BCUT2D eigenvalue weighted by Gasteiger charge is 2.13. The summed E-state index contributed by atoms with van der Waals surface area (Å²) in [6.45, 7) is 3.90. The van der Waals surface area contributed by atoms with Gasteiger partial charge in [0.1, 0.15) is 11.7 Å². The van der Waals surface area contributed by atoms with Crippen molar-refractivity contribution >= 4 is 11.7 Å². The first-order chi connectivity index (χ1) is 7.77. The summed E-state index contributed by atoms with van der Waals surface area (Å²) in [6.07, 6.45) is 1.33. The molecular weight excluding hydrogens is 204 g/mol. The fourth-order valence-electron chi connectivity index (χ4n) is 1.56. The molecule has 1 aromatic heterocycles. The number of aliphatic hydroxyl groups is 1. The predicted molar refractivity (Wildman–Crippen MR) is 63.8 cm³/mol. The molecule has 3 N–H and O–H groups in total. The lowest BCUT2D eigenvalue weighted by atomic mass is 10.2. The highest BCUT2D eigenvalue weighted by atomic mass is 16.3. The van der Waals surface area contributed by atoms with Gasteiger partial charge in [-0.2, -0.15) is 0 Å². The van der Waals surface area contributed by atoms with Gasteiger partial charge in [0.05, 0.1) is 18.2 Å². The molecule has 0 amide bonds. The van der Waals surface area contributed by atoms with E-state index in [1.54, 1.807) is 13.1 Å². The monoisotopic (exact) mass is 220 g/mol. The molecular formula is C11H16N4O. The molecule has 1 aliphatic heterocycles. The fourth-order valence-corrected chi connectivity index (χ4v) is 1.56. The highest BCUT2D eigenvalue weighted by molar-refractivity contribution is 6.03. The average Bonchev–Trinajstić information content (AvgIpc) is 2.80. The van der Waals surface area contributed by atoms with Gasteiger partial charge in [0.25, 0.3) is 0 Å². The largest absolute Gasteiger partial charge is 0.392 e. The predicted octanol–water partition coefficient (Wildman–Crippen LogP) is 0.224. The van der Waals surface area contributed by atoms with Crippen molar-refractivity contribution in [2.45, 2.75) is 13.0 Å². The number of hydrogen-bond acceptors (Lipinski definition) is 5. The number of amidine groups is 1. The van der Waals surface area contributed by atoms with Gasteiger partial charge in [-0.3, -0.25) is 4.99 Å². The van der Waals surface area contributed by atoms with Crippen LogP contribution in [0.15, 0.2) is 23.3 Å². The summed E-state index contributed by atoms with van der Waals surface area (Å²) in [6, 6.07) is 3.85. The number of nitrogens with one attached hydrogen (secondary N) is 2. The van der Waals surface area contributed by atoms with Gasteiger partial charge in [-0.15, -0.1) is 0 Å². The van der Waals surface area contributed by atoms with Gasteiger partial charge in [0.2, 0.25) is 0 Å². The van der Waals surface area contributed by atoms with Crippen LogP contribution in [0, 0.1) is 0 Å². The van der Waals surface area contributed by atoms with E-state index >= 15 is 0 Å². The van der Waals surface area contributed by atoms with Crippen molar-refractivity contribution in [2.75, 3.05) is 25.0 Å². The lowest BCUT2D eigenvalue weighted by Crippen LogP contribution is -2.23. The Kier molecular flexibility index (Phi) is 3.36. The second kappa shape index (κ2) is 4.94. The van der Waals surface area contributed by atoms with E-state index in [9.17, 15) is 5.11 Å². The van der Waals surface area contributed by atoms with Gasteiger partial charge in [-0.25, -0.2) is 4.98 Å². The van der Waals surface area contributed by atoms with Crippen LogP contribution in [0.5, 0.6) is 0 Å². The van der Waals surface area contributed by atoms with Gasteiger partial charge in [0.15, 0.2) is 0 Å². The summed E-state index contributed by atoms with van der Waals surface area (Å²) >= 11 is 0. The number of aliphatic imine (C=N–C) groups is 1. The molecule has 0 aromatic carbocycles. The summed E-state index contributed by atoms with van der Waals surface area (Å²) < 4.78 is 0. The summed E-state index contributed by atoms with van der Waals surface area (Å²) in [5.41, 5.74) is 0.959. The van der Waals surface area contributed by atoms with E-state index in [1.165, 1.54) is 0 Å². The second-order valence-electron chi connectivity index (χ2n) is 3.79. The van der Waals surface area contributed by atoms with Crippen molar-refractivity contribution in [2.24, 2.45) is 4.99 Å². The van der Waals surface area contributed by atoms with Crippen LogP contribution in [-0.2, 0) is 0 Å². The third-order valence-corrected chi connectivity index (χ3v) is 2.30. The van der Waals surface area contributed by atoms with Crippen molar-refractivity contribution in [1.29, 1.82) is 0 Å². The van der Waals surface area contributed by atoms with E-state index in [1.807, 2.05) is 12.1 Å². The van der Waals surface area contributed by atoms with E-state index in [0.717, 1.165) is 30.3 Å². The van der Waals surface area contributed by atoms with Crippen LogP contribution in [-0.4, -0.2) is 41.7 Å². The molecule has 0 saturated heterocycles. The molecule has 0 aliphatic carbocycles. The van der Waals surface area contributed by atoms with Crippen molar-refractivity contribution in [3.05, 3.63) is 23.9 Å². The first-order valence-electron chi connectivity index (χ1n) is 5.43. The third kappa shape index (κ3) is 2.49. The maximum Gasteiger partial charge on any atom is 0.137 e. The first-order valence-corrected chi connectivity index (χ1v) is 5.43. The van der Waals surface area contributed by atoms with Crippen LogP contribution < -0.4 is 10.6 Å².